The van der Waals surface area contributed by atoms with Gasteiger partial charge in [0.2, 0.25) is 0 Å². The van der Waals surface area contributed by atoms with Crippen LogP contribution in [0.5, 0.6) is 0 Å². The molecule has 1 aliphatic rings. The molecule has 1 aromatic carbocycles. The van der Waals surface area contributed by atoms with Crippen LogP contribution in [0, 0.1) is 0 Å². The van der Waals surface area contributed by atoms with Gasteiger partial charge in [-0.3, -0.25) is 4.90 Å². The van der Waals surface area contributed by atoms with E-state index in [9.17, 15) is 0 Å². The van der Waals surface area contributed by atoms with Crippen molar-refractivity contribution in [2.24, 2.45) is 0 Å². The van der Waals surface area contributed by atoms with Crippen molar-refractivity contribution < 1.29 is 4.42 Å². The topological polar surface area (TPSA) is 28.4 Å². The molecule has 1 aromatic heterocycles. The molecule has 0 radical (unpaired) electrons. The van der Waals surface area contributed by atoms with Gasteiger partial charge in [-0.05, 0) is 25.6 Å². The lowest BCUT2D eigenvalue weighted by Gasteiger charge is -2.26. The Balaban J connectivity index is 1.81. The van der Waals surface area contributed by atoms with Gasteiger partial charge < -0.3 is 9.73 Å². The summed E-state index contributed by atoms with van der Waals surface area (Å²) in [6.07, 6.45) is 3.17. The quantitative estimate of drug-likeness (QED) is 0.896. The summed E-state index contributed by atoms with van der Waals surface area (Å²) in [7, 11) is 0. The molecular formula is C15H20N2O. The predicted molar refractivity (Wildman–Crippen MR) is 73.6 cm³/mol. The monoisotopic (exact) mass is 244 g/mol. The first-order valence-electron chi connectivity index (χ1n) is 6.78. The number of furan rings is 1. The highest BCUT2D eigenvalue weighted by molar-refractivity contribution is 5.80. The van der Waals surface area contributed by atoms with Crippen molar-refractivity contribution in [2.45, 2.75) is 25.9 Å². The van der Waals surface area contributed by atoms with E-state index in [2.05, 4.69) is 29.3 Å². The van der Waals surface area contributed by atoms with Crippen LogP contribution in [0.2, 0.25) is 0 Å². The van der Waals surface area contributed by atoms with Gasteiger partial charge in [0.1, 0.15) is 5.58 Å². The van der Waals surface area contributed by atoms with E-state index in [0.717, 1.165) is 31.8 Å². The molecule has 1 atom stereocenters. The summed E-state index contributed by atoms with van der Waals surface area (Å²) in [5.41, 5.74) is 2.30. The smallest absolute Gasteiger partial charge is 0.134 e. The van der Waals surface area contributed by atoms with Crippen LogP contribution in [0.3, 0.4) is 0 Å². The molecule has 0 aliphatic carbocycles. The summed E-state index contributed by atoms with van der Waals surface area (Å²) < 4.78 is 5.61. The van der Waals surface area contributed by atoms with Gasteiger partial charge in [-0.25, -0.2) is 0 Å². The summed E-state index contributed by atoms with van der Waals surface area (Å²) in [6.45, 7) is 6.57. The second-order valence-electron chi connectivity index (χ2n) is 4.97. The Morgan fingerprint density at radius 3 is 3.06 bits per heavy atom. The number of hydrogen-bond donors (Lipinski definition) is 1. The van der Waals surface area contributed by atoms with Gasteiger partial charge in [-0.1, -0.05) is 25.1 Å². The van der Waals surface area contributed by atoms with Crippen LogP contribution in [0.15, 0.2) is 34.9 Å². The maximum absolute atomic E-state index is 5.61. The predicted octanol–water partition coefficient (Wildman–Crippen LogP) is 2.62. The summed E-state index contributed by atoms with van der Waals surface area (Å²) in [5, 5.41) is 4.69. The maximum atomic E-state index is 5.61. The van der Waals surface area contributed by atoms with Crippen LogP contribution in [-0.4, -0.2) is 30.6 Å². The molecular weight excluding hydrogens is 224 g/mol. The first-order chi connectivity index (χ1) is 8.88. The fourth-order valence-corrected chi connectivity index (χ4v) is 2.82. The third-order valence-electron chi connectivity index (χ3n) is 3.89. The Labute approximate surface area is 108 Å². The molecule has 3 heteroatoms. The number of fused-ring (bicyclic) bond motifs is 1. The summed E-state index contributed by atoms with van der Waals surface area (Å²) in [5.74, 6) is 0. The number of nitrogens with one attached hydrogen (secondary N) is 1. The highest BCUT2D eigenvalue weighted by atomic mass is 16.3. The first-order valence-corrected chi connectivity index (χ1v) is 6.78. The van der Waals surface area contributed by atoms with Gasteiger partial charge in [0.25, 0.3) is 0 Å². The van der Waals surface area contributed by atoms with E-state index in [0.29, 0.717) is 6.04 Å². The van der Waals surface area contributed by atoms with E-state index in [-0.39, 0.29) is 0 Å². The fraction of sp³-hybridized carbons (Fsp3) is 0.467. The third-order valence-corrected chi connectivity index (χ3v) is 3.89. The minimum Gasteiger partial charge on any atom is -0.464 e. The number of likely N-dealkylation sites (N-methyl/N-ethyl adjacent to an activating group) is 1. The molecule has 3 rings (SSSR count). The molecule has 2 aromatic rings. The molecule has 3 nitrogen and oxygen atoms in total. The van der Waals surface area contributed by atoms with E-state index < -0.39 is 0 Å². The molecule has 0 amide bonds. The van der Waals surface area contributed by atoms with Gasteiger partial charge in [-0.15, -0.1) is 0 Å². The zero-order valence-corrected chi connectivity index (χ0v) is 10.9. The summed E-state index contributed by atoms with van der Waals surface area (Å²) >= 11 is 0. The average Bonchev–Trinajstić information content (AvgIpc) is 3.06. The maximum Gasteiger partial charge on any atom is 0.134 e. The highest BCUT2D eigenvalue weighted by Gasteiger charge is 2.22. The standard InChI is InChI=1S/C15H20N2O/c1-2-17(13-7-8-16-9-13)10-12-11-18-15-6-4-3-5-14(12)15/h3-6,11,13,16H,2,7-10H2,1H3. The van der Waals surface area contributed by atoms with Gasteiger partial charge in [0, 0.05) is 30.1 Å². The van der Waals surface area contributed by atoms with E-state index in [1.54, 1.807) is 0 Å². The van der Waals surface area contributed by atoms with E-state index in [1.807, 2.05) is 18.4 Å². The summed E-state index contributed by atoms with van der Waals surface area (Å²) in [4.78, 5) is 2.54. The third kappa shape index (κ3) is 2.16. The number of rotatable bonds is 4. The minimum atomic E-state index is 0.670. The largest absolute Gasteiger partial charge is 0.464 e. The Hall–Kier alpha value is -1.32. The van der Waals surface area contributed by atoms with Crippen LogP contribution < -0.4 is 5.32 Å². The zero-order valence-electron chi connectivity index (χ0n) is 10.9. The lowest BCUT2D eigenvalue weighted by molar-refractivity contribution is 0.210. The highest BCUT2D eigenvalue weighted by Crippen LogP contribution is 2.23. The molecule has 0 spiro atoms. The van der Waals surface area contributed by atoms with Crippen molar-refractivity contribution in [3.05, 3.63) is 36.1 Å². The zero-order chi connectivity index (χ0) is 12.4. The number of benzene rings is 1. The Bertz CT molecular complexity index is 514. The Morgan fingerprint density at radius 2 is 2.28 bits per heavy atom. The molecule has 0 bridgehead atoms. The summed E-state index contributed by atoms with van der Waals surface area (Å²) in [6, 6.07) is 8.95. The van der Waals surface area contributed by atoms with Crippen molar-refractivity contribution in [2.75, 3.05) is 19.6 Å². The first kappa shape index (κ1) is 11.8. The van der Waals surface area contributed by atoms with E-state index in [1.165, 1.54) is 17.4 Å². The Morgan fingerprint density at radius 1 is 1.39 bits per heavy atom. The lowest BCUT2D eigenvalue weighted by atomic mass is 10.1. The molecule has 1 fully saturated rings. The van der Waals surface area contributed by atoms with Crippen molar-refractivity contribution in [3.8, 4) is 0 Å². The SMILES string of the molecule is CCN(Cc1coc2ccccc12)C1CCNC1. The van der Waals surface area contributed by atoms with Crippen molar-refractivity contribution >= 4 is 11.0 Å². The van der Waals surface area contributed by atoms with Crippen LogP contribution in [0.25, 0.3) is 11.0 Å². The molecule has 1 unspecified atom stereocenters. The van der Waals surface area contributed by atoms with E-state index >= 15 is 0 Å². The molecule has 1 N–H and O–H groups in total. The van der Waals surface area contributed by atoms with Gasteiger partial charge in [-0.2, -0.15) is 0 Å². The number of para-hydroxylation sites is 1. The van der Waals surface area contributed by atoms with Gasteiger partial charge in [0.05, 0.1) is 6.26 Å². The second kappa shape index (κ2) is 5.12. The molecule has 0 saturated carbocycles. The molecule has 18 heavy (non-hydrogen) atoms. The lowest BCUT2D eigenvalue weighted by Crippen LogP contribution is -2.36. The fourth-order valence-electron chi connectivity index (χ4n) is 2.82. The van der Waals surface area contributed by atoms with Crippen molar-refractivity contribution in [1.82, 2.24) is 10.2 Å². The van der Waals surface area contributed by atoms with Crippen LogP contribution >= 0.6 is 0 Å². The number of nitrogens with zero attached hydrogens (tertiary/aromatic N) is 1. The average molecular weight is 244 g/mol. The van der Waals surface area contributed by atoms with Gasteiger partial charge in [0.15, 0.2) is 0 Å². The van der Waals surface area contributed by atoms with Crippen molar-refractivity contribution in [3.63, 3.8) is 0 Å². The van der Waals surface area contributed by atoms with Crippen LogP contribution in [-0.2, 0) is 6.54 Å². The van der Waals surface area contributed by atoms with Crippen LogP contribution in [0.4, 0.5) is 0 Å². The second-order valence-corrected chi connectivity index (χ2v) is 4.97. The normalized spacial score (nSPS) is 20.0. The van der Waals surface area contributed by atoms with Crippen molar-refractivity contribution in [1.29, 1.82) is 0 Å². The van der Waals surface area contributed by atoms with Gasteiger partial charge >= 0.3 is 0 Å². The minimum absolute atomic E-state index is 0.670. The number of hydrogen-bond acceptors (Lipinski definition) is 3. The molecule has 2 heterocycles. The molecule has 1 saturated heterocycles. The Kier molecular flexibility index (Phi) is 3.35. The van der Waals surface area contributed by atoms with Crippen LogP contribution in [0.1, 0.15) is 18.9 Å². The van der Waals surface area contributed by atoms with E-state index in [4.69, 9.17) is 4.42 Å². The molecule has 1 aliphatic heterocycles. The molecule has 96 valence electrons.